The van der Waals surface area contributed by atoms with E-state index >= 15 is 19.2 Å². The molecule has 1 fully saturated rings. The lowest BCUT2D eigenvalue weighted by Gasteiger charge is -2.47. The summed E-state index contributed by atoms with van der Waals surface area (Å²) in [6.07, 6.45) is -15.4. The van der Waals surface area contributed by atoms with Gasteiger partial charge in [0.05, 0.1) is 34.3 Å². The molecule has 0 unspecified atom stereocenters. The Bertz CT molecular complexity index is 4130. The minimum absolute atomic E-state index is 0.286. The Kier molecular flexibility index (Phi) is 11.9. The Morgan fingerprint density at radius 2 is 1.00 bits per heavy atom. The lowest BCUT2D eigenvalue weighted by Crippen LogP contribution is -2.65. The second-order valence-electron chi connectivity index (χ2n) is 20.3. The van der Waals surface area contributed by atoms with Gasteiger partial charge in [-0.1, -0.05) is 0 Å². The number of ketones is 1. The minimum Gasteiger partial charge on any atom is -0.507 e. The monoisotopic (exact) mass is 1190 g/mol. The van der Waals surface area contributed by atoms with Crippen LogP contribution in [0.1, 0.15) is 75.7 Å². The maximum atomic E-state index is 15.5. The number of aromatic hydroxyl groups is 16. The van der Waals surface area contributed by atoms with Crippen LogP contribution in [0.4, 0.5) is 0 Å². The first-order valence-electron chi connectivity index (χ1n) is 24.8. The number of hydrogen-bond acceptors (Lipinski definition) is 31. The van der Waals surface area contributed by atoms with Crippen LogP contribution >= 0.6 is 0 Å². The average molecular weight is 1190 g/mol. The van der Waals surface area contributed by atoms with Crippen molar-refractivity contribution >= 4 is 41.2 Å². The van der Waals surface area contributed by atoms with E-state index in [-0.39, 0.29) is 11.1 Å². The molecule has 18 N–H and O–H groups in total. The second-order valence-corrected chi connectivity index (χ2v) is 20.3. The molecule has 86 heavy (non-hydrogen) atoms. The molecule has 1 aliphatic carbocycles. The van der Waals surface area contributed by atoms with Gasteiger partial charge in [0.1, 0.15) is 29.8 Å². The SMILES string of the molecule is O=C(O[C@@H]1COC(=O)c2cc(O)c(O)c(O)c2-c2c(cc(O)c(O)c2O)C(=O)O[C@H]1[C@@H]1OC(=O)c2cc(O)c(O)c(O)c2C2=C(O)C(=O)[C@@]34Oc5cc(O)c6c(c5[C@@H]3[C@@H]1OC(=O)[C@@H]24)O[C@H](c1cc(O)c(O)c(O)c1)[C@@H](O)C6)c1cc(O)c(O)c(O)c1. The van der Waals surface area contributed by atoms with Crippen molar-refractivity contribution in [1.82, 2.24) is 0 Å². The number of cyclic esters (lactones) is 3. The Hall–Kier alpha value is -11.8. The highest BCUT2D eigenvalue weighted by Crippen LogP contribution is 2.67. The number of phenolic OH excluding ortho intramolecular Hbond substituents is 16. The zero-order valence-electron chi connectivity index (χ0n) is 42.5. The molecule has 6 aliphatic rings. The fraction of sp³-hybridized carbons (Fsp3) is 0.200. The van der Waals surface area contributed by atoms with E-state index in [4.69, 9.17) is 33.2 Å². The highest BCUT2D eigenvalue weighted by atomic mass is 16.6. The summed E-state index contributed by atoms with van der Waals surface area (Å²) in [7, 11) is 0. The van der Waals surface area contributed by atoms with Crippen LogP contribution in [-0.4, -0.2) is 170 Å². The number of aliphatic hydroxyl groups excluding tert-OH is 2. The van der Waals surface area contributed by atoms with E-state index in [1.165, 1.54) is 0 Å². The summed E-state index contributed by atoms with van der Waals surface area (Å²) in [6, 6.07) is 4.62. The van der Waals surface area contributed by atoms with Crippen LogP contribution in [0.5, 0.6) is 103 Å². The number of aliphatic hydroxyl groups is 2. The third kappa shape index (κ3) is 7.56. The van der Waals surface area contributed by atoms with Crippen molar-refractivity contribution in [3.8, 4) is 115 Å². The van der Waals surface area contributed by atoms with Gasteiger partial charge in [0, 0.05) is 51.4 Å². The molecule has 31 nitrogen and oxygen atoms in total. The molecular formula is C55H38O31. The summed E-state index contributed by atoms with van der Waals surface area (Å²) in [4.78, 5) is 90.2. The molecule has 1 saturated heterocycles. The van der Waals surface area contributed by atoms with Gasteiger partial charge in [-0.3, -0.25) is 9.59 Å². The third-order valence-electron chi connectivity index (χ3n) is 15.6. The lowest BCUT2D eigenvalue weighted by atomic mass is 9.66. The van der Waals surface area contributed by atoms with Gasteiger partial charge in [-0.15, -0.1) is 0 Å². The first kappa shape index (κ1) is 54.8. The number of Topliss-reactive ketones (excluding diaryl/α,β-unsaturated/α-hetero) is 1. The number of phenols is 16. The van der Waals surface area contributed by atoms with Crippen molar-refractivity contribution in [1.29, 1.82) is 0 Å². The Morgan fingerprint density at radius 1 is 0.512 bits per heavy atom. The summed E-state index contributed by atoms with van der Waals surface area (Å²) in [5.74, 6) is -38.7. The maximum Gasteiger partial charge on any atom is 0.339 e. The number of esters is 5. The van der Waals surface area contributed by atoms with Crippen LogP contribution in [0.25, 0.3) is 16.7 Å². The van der Waals surface area contributed by atoms with Crippen molar-refractivity contribution in [2.24, 2.45) is 5.92 Å². The van der Waals surface area contributed by atoms with Gasteiger partial charge >= 0.3 is 29.8 Å². The Labute approximate surface area is 474 Å². The van der Waals surface area contributed by atoms with Gasteiger partial charge in [0.2, 0.25) is 28.6 Å². The van der Waals surface area contributed by atoms with Crippen LogP contribution in [-0.2, 0) is 39.7 Å². The summed E-state index contributed by atoms with van der Waals surface area (Å²) in [5, 5.41) is 197. The molecule has 5 aliphatic heterocycles. The molecule has 0 saturated carbocycles. The molecule has 444 valence electrons. The summed E-state index contributed by atoms with van der Waals surface area (Å²) in [5.41, 5.74) is -13.4. The van der Waals surface area contributed by atoms with Crippen molar-refractivity contribution in [2.75, 3.05) is 6.61 Å². The molecule has 6 aromatic rings. The summed E-state index contributed by atoms with van der Waals surface area (Å²) < 4.78 is 42.3. The standard InChI is InChI=1S/C55H38O31/c56-17-9-26-31(45-13(17)5-25(64)44(82-45)11-1-18(57)35(65)19(58)2-11)33-47-48(85-53(78)16-8-24(63)39(69)42(72)30(16)32-34(54(79)84-47)55(33,86-26)49(74)43(32)73)46-27(81-50(75)12-3-20(59)36(66)21(60)4-12)10-80-51(76)14-6-22(61)37(67)40(70)28(14)29-15(52(77)83-46)7-23(62)38(68)41(29)71/h1-4,6-9,25,27,33-34,44,46-48,56-73H,5,10H2/t25-,27+,33+,34+,44+,46+,47-,48-,55+/m0/s1. The van der Waals surface area contributed by atoms with E-state index in [9.17, 15) is 102 Å². The van der Waals surface area contributed by atoms with E-state index in [0.717, 1.165) is 18.2 Å². The molecule has 5 heterocycles. The van der Waals surface area contributed by atoms with E-state index in [0.29, 0.717) is 30.3 Å². The molecule has 12 rings (SSSR count). The van der Waals surface area contributed by atoms with Gasteiger partial charge in [0.25, 0.3) is 0 Å². The van der Waals surface area contributed by atoms with Gasteiger partial charge in [-0.05, 0) is 42.5 Å². The molecule has 0 amide bonds. The summed E-state index contributed by atoms with van der Waals surface area (Å²) in [6.45, 7) is -1.59. The number of carbonyl (C=O) groups is 6. The van der Waals surface area contributed by atoms with Crippen molar-refractivity contribution in [3.63, 3.8) is 0 Å². The first-order chi connectivity index (χ1) is 40.6. The topological polar surface area (TPSA) is 531 Å². The van der Waals surface area contributed by atoms with Crippen LogP contribution < -0.4 is 9.47 Å². The first-order valence-corrected chi connectivity index (χ1v) is 24.8. The van der Waals surface area contributed by atoms with Crippen LogP contribution in [0.15, 0.2) is 54.3 Å². The second kappa shape index (κ2) is 18.6. The number of carbonyl (C=O) groups excluding carboxylic acids is 6. The number of ether oxygens (including phenoxy) is 7. The number of benzene rings is 6. The molecule has 31 heteroatoms. The van der Waals surface area contributed by atoms with Gasteiger partial charge in [-0.2, -0.15) is 0 Å². The molecule has 9 atom stereocenters. The van der Waals surface area contributed by atoms with Crippen LogP contribution in [0, 0.1) is 5.92 Å². The zero-order valence-corrected chi connectivity index (χ0v) is 42.5. The predicted molar refractivity (Wildman–Crippen MR) is 269 cm³/mol. The maximum absolute atomic E-state index is 15.5. The molecular weight excluding hydrogens is 1160 g/mol. The molecule has 0 radical (unpaired) electrons. The highest BCUT2D eigenvalue weighted by Gasteiger charge is 2.76. The van der Waals surface area contributed by atoms with E-state index in [2.05, 4.69) is 0 Å². The number of rotatable bonds is 4. The van der Waals surface area contributed by atoms with E-state index < -0.39 is 262 Å². The van der Waals surface area contributed by atoms with Crippen molar-refractivity contribution < 1.29 is 154 Å². The van der Waals surface area contributed by atoms with Crippen molar-refractivity contribution in [3.05, 3.63) is 98.8 Å². The average Bonchev–Trinajstić information content (AvgIpc) is 1.50. The number of hydrogen-bond donors (Lipinski definition) is 18. The Balaban J connectivity index is 1.15. The fourth-order valence-corrected chi connectivity index (χ4v) is 11.8. The molecule has 1 spiro atoms. The largest absolute Gasteiger partial charge is 0.507 e. The number of fused-ring (bicyclic) bond motifs is 8. The smallest absolute Gasteiger partial charge is 0.339 e. The fourth-order valence-electron chi connectivity index (χ4n) is 11.8. The van der Waals surface area contributed by atoms with Crippen LogP contribution in [0.3, 0.4) is 0 Å². The normalized spacial score (nSPS) is 24.4. The molecule has 4 bridgehead atoms. The molecule has 0 aromatic heterocycles. The predicted octanol–water partition coefficient (Wildman–Crippen LogP) is 2.15. The third-order valence-corrected chi connectivity index (χ3v) is 15.6. The highest BCUT2D eigenvalue weighted by molar-refractivity contribution is 6.21. The summed E-state index contributed by atoms with van der Waals surface area (Å²) >= 11 is 0. The van der Waals surface area contributed by atoms with Crippen LogP contribution in [0.2, 0.25) is 0 Å². The van der Waals surface area contributed by atoms with Gasteiger partial charge in [-0.25, -0.2) is 19.2 Å². The van der Waals surface area contributed by atoms with Crippen molar-refractivity contribution in [2.45, 2.75) is 54.6 Å². The quantitative estimate of drug-likeness (QED) is 0.0683. The van der Waals surface area contributed by atoms with Gasteiger partial charge in [0.15, 0.2) is 105 Å². The van der Waals surface area contributed by atoms with E-state index in [1.807, 2.05) is 0 Å². The van der Waals surface area contributed by atoms with Gasteiger partial charge < -0.3 is 125 Å². The zero-order chi connectivity index (χ0) is 61.9. The molecule has 6 aromatic carbocycles. The lowest BCUT2D eigenvalue weighted by molar-refractivity contribution is -0.200. The van der Waals surface area contributed by atoms with E-state index in [1.54, 1.807) is 0 Å². The Morgan fingerprint density at radius 3 is 1.56 bits per heavy atom. The minimum atomic E-state index is -3.13.